The summed E-state index contributed by atoms with van der Waals surface area (Å²) in [7, 11) is 1.54. The van der Waals surface area contributed by atoms with Crippen molar-refractivity contribution in [2.75, 3.05) is 13.7 Å². The lowest BCUT2D eigenvalue weighted by Crippen LogP contribution is -2.42. The molecule has 42 heavy (non-hydrogen) atoms. The number of carbonyl (C=O) groups is 2. The smallest absolute Gasteiger partial charge is 0.326 e. The fraction of sp³-hybridized carbons (Fsp3) is 0.294. The quantitative estimate of drug-likeness (QED) is 0.156. The van der Waals surface area contributed by atoms with Crippen molar-refractivity contribution < 1.29 is 24.2 Å². The van der Waals surface area contributed by atoms with Crippen LogP contribution in [0.25, 0.3) is 22.5 Å². The topological polar surface area (TPSA) is 111 Å². The summed E-state index contributed by atoms with van der Waals surface area (Å²) in [6.45, 7) is 2.94. The molecule has 0 bridgehead atoms. The Morgan fingerprint density at radius 3 is 2.02 bits per heavy atom. The summed E-state index contributed by atoms with van der Waals surface area (Å²) in [5.74, 6) is 0.466. The number of hydrogen-bond donors (Lipinski definition) is 2. The van der Waals surface area contributed by atoms with Crippen molar-refractivity contribution >= 4 is 11.9 Å². The number of aromatic nitrogens is 2. The first-order valence-electron chi connectivity index (χ1n) is 14.3. The van der Waals surface area contributed by atoms with E-state index < -0.39 is 17.9 Å². The van der Waals surface area contributed by atoms with Gasteiger partial charge in [0.2, 0.25) is 0 Å². The van der Waals surface area contributed by atoms with Crippen LogP contribution in [0.2, 0.25) is 0 Å². The third-order valence-electron chi connectivity index (χ3n) is 6.96. The van der Waals surface area contributed by atoms with Gasteiger partial charge in [-0.05, 0) is 53.9 Å². The number of carboxylic acid groups (broad SMARTS) is 1. The third-order valence-corrected chi connectivity index (χ3v) is 6.96. The molecule has 8 heteroatoms. The fourth-order valence-corrected chi connectivity index (χ4v) is 4.48. The van der Waals surface area contributed by atoms with Crippen LogP contribution in [0.3, 0.4) is 0 Å². The Hall–Kier alpha value is -4.72. The van der Waals surface area contributed by atoms with Crippen molar-refractivity contribution in [2.45, 2.75) is 51.5 Å². The number of carbonyl (C=O) groups excluding carboxylic acids is 1. The van der Waals surface area contributed by atoms with Crippen molar-refractivity contribution in [1.82, 2.24) is 15.3 Å². The van der Waals surface area contributed by atoms with Crippen LogP contribution >= 0.6 is 0 Å². The molecule has 1 aromatic heterocycles. The van der Waals surface area contributed by atoms with E-state index in [9.17, 15) is 14.7 Å². The highest BCUT2D eigenvalue weighted by Crippen LogP contribution is 2.24. The molecule has 0 fully saturated rings. The molecule has 1 atom stereocenters. The summed E-state index contributed by atoms with van der Waals surface area (Å²) in [5.41, 5.74) is 3.83. The minimum atomic E-state index is -1.11. The summed E-state index contributed by atoms with van der Waals surface area (Å²) in [5, 5.41) is 12.3. The van der Waals surface area contributed by atoms with E-state index in [1.54, 1.807) is 36.7 Å². The molecule has 4 aromatic rings. The Balaban J connectivity index is 1.32. The van der Waals surface area contributed by atoms with Crippen LogP contribution < -0.4 is 14.8 Å². The molecule has 0 unspecified atom stereocenters. The molecule has 4 rings (SSSR count). The van der Waals surface area contributed by atoms with E-state index in [4.69, 9.17) is 9.47 Å². The Bertz CT molecular complexity index is 1420. The van der Waals surface area contributed by atoms with Gasteiger partial charge < -0.3 is 19.9 Å². The number of amides is 1. The summed E-state index contributed by atoms with van der Waals surface area (Å²) in [6.07, 6.45) is 9.75. The van der Waals surface area contributed by atoms with E-state index in [-0.39, 0.29) is 6.42 Å². The van der Waals surface area contributed by atoms with Gasteiger partial charge in [0, 0.05) is 35.5 Å². The number of benzene rings is 3. The number of ether oxygens (including phenoxy) is 2. The number of rotatable bonds is 15. The van der Waals surface area contributed by atoms with Gasteiger partial charge in [-0.15, -0.1) is 0 Å². The molecule has 0 radical (unpaired) electrons. The largest absolute Gasteiger partial charge is 0.497 e. The fourth-order valence-electron chi connectivity index (χ4n) is 4.48. The number of aliphatic carboxylic acids is 1. The summed E-state index contributed by atoms with van der Waals surface area (Å²) >= 11 is 0. The lowest BCUT2D eigenvalue weighted by Gasteiger charge is -2.15. The third kappa shape index (κ3) is 8.64. The molecular formula is C34H37N3O5. The van der Waals surface area contributed by atoms with E-state index in [1.807, 2.05) is 48.5 Å². The van der Waals surface area contributed by atoms with Crippen molar-refractivity contribution in [2.24, 2.45) is 0 Å². The maximum atomic E-state index is 12.6. The van der Waals surface area contributed by atoms with E-state index in [2.05, 4.69) is 22.2 Å². The number of methoxy groups -OCH3 is 1. The maximum absolute atomic E-state index is 12.6. The van der Waals surface area contributed by atoms with Crippen LogP contribution in [-0.2, 0) is 11.2 Å². The second-order valence-electron chi connectivity index (χ2n) is 10.1. The average Bonchev–Trinajstić information content (AvgIpc) is 3.03. The van der Waals surface area contributed by atoms with Gasteiger partial charge in [0.25, 0.3) is 5.91 Å². The van der Waals surface area contributed by atoms with Crippen molar-refractivity contribution in [3.63, 3.8) is 0 Å². The van der Waals surface area contributed by atoms with E-state index in [0.717, 1.165) is 41.0 Å². The Morgan fingerprint density at radius 1 is 0.786 bits per heavy atom. The molecule has 8 nitrogen and oxygen atoms in total. The SMILES string of the molecule is CCCCCCCOc1ccc(-c2cnc(-c3ccc(C[C@H](NC(=O)c4ccc(OC)cc4)C(=O)O)cc3)nc2)cc1. The number of hydrogen-bond acceptors (Lipinski definition) is 6. The van der Waals surface area contributed by atoms with Crippen LogP contribution in [0.15, 0.2) is 85.2 Å². The van der Waals surface area contributed by atoms with E-state index in [0.29, 0.717) is 17.1 Å². The number of nitrogens with zero attached hydrogens (tertiary/aromatic N) is 2. The Kier molecular flexibility index (Phi) is 11.0. The highest BCUT2D eigenvalue weighted by atomic mass is 16.5. The van der Waals surface area contributed by atoms with Gasteiger partial charge in [0.1, 0.15) is 17.5 Å². The zero-order valence-corrected chi connectivity index (χ0v) is 24.1. The lowest BCUT2D eigenvalue weighted by atomic mass is 10.0. The normalized spacial score (nSPS) is 11.5. The molecule has 3 aromatic carbocycles. The van der Waals surface area contributed by atoms with Crippen LogP contribution in [0.1, 0.15) is 54.9 Å². The highest BCUT2D eigenvalue weighted by molar-refractivity contribution is 5.96. The Morgan fingerprint density at radius 2 is 1.40 bits per heavy atom. The second-order valence-corrected chi connectivity index (χ2v) is 10.1. The highest BCUT2D eigenvalue weighted by Gasteiger charge is 2.21. The molecule has 1 amide bonds. The van der Waals surface area contributed by atoms with Crippen LogP contribution in [0.4, 0.5) is 0 Å². The molecule has 0 aliphatic heterocycles. The minimum absolute atomic E-state index is 0.135. The van der Waals surface area contributed by atoms with Crippen molar-refractivity contribution in [3.8, 4) is 34.0 Å². The minimum Gasteiger partial charge on any atom is -0.497 e. The molecule has 0 spiro atoms. The first-order valence-corrected chi connectivity index (χ1v) is 14.3. The molecular weight excluding hydrogens is 530 g/mol. The predicted octanol–water partition coefficient (Wildman–Crippen LogP) is 6.59. The van der Waals surface area contributed by atoms with E-state index >= 15 is 0 Å². The molecule has 218 valence electrons. The average molecular weight is 568 g/mol. The first kappa shape index (κ1) is 30.2. The standard InChI is InChI=1S/C34H37N3O5/c1-3-4-5-6-7-20-42-30-18-12-25(13-19-30)28-22-35-32(36-23-28)26-10-8-24(9-11-26)21-31(34(39)40)37-33(38)27-14-16-29(41-2)17-15-27/h8-19,22-23,31H,3-7,20-21H2,1-2H3,(H,37,38)(H,39,40)/t31-/m0/s1. The van der Waals surface area contributed by atoms with Gasteiger partial charge in [-0.2, -0.15) is 0 Å². The van der Waals surface area contributed by atoms with Gasteiger partial charge in [-0.3, -0.25) is 4.79 Å². The second kappa shape index (κ2) is 15.3. The molecule has 1 heterocycles. The zero-order valence-electron chi connectivity index (χ0n) is 24.1. The molecule has 0 aliphatic carbocycles. The molecule has 0 aliphatic rings. The zero-order chi connectivity index (χ0) is 29.7. The number of nitrogens with one attached hydrogen (secondary N) is 1. The molecule has 0 saturated carbocycles. The van der Waals surface area contributed by atoms with Gasteiger partial charge >= 0.3 is 5.97 Å². The van der Waals surface area contributed by atoms with E-state index in [1.165, 1.54) is 32.8 Å². The van der Waals surface area contributed by atoms with Crippen molar-refractivity contribution in [3.05, 3.63) is 96.3 Å². The summed E-state index contributed by atoms with van der Waals surface area (Å²) in [4.78, 5) is 33.5. The molecule has 2 N–H and O–H groups in total. The maximum Gasteiger partial charge on any atom is 0.326 e. The van der Waals surface area contributed by atoms with Crippen LogP contribution in [0, 0.1) is 0 Å². The lowest BCUT2D eigenvalue weighted by molar-refractivity contribution is -0.139. The Labute approximate surface area is 246 Å². The summed E-state index contributed by atoms with van der Waals surface area (Å²) in [6, 6.07) is 20.7. The van der Waals surface area contributed by atoms with Gasteiger partial charge in [-0.25, -0.2) is 14.8 Å². The van der Waals surface area contributed by atoms with Gasteiger partial charge in [0.15, 0.2) is 5.82 Å². The number of unbranched alkanes of at least 4 members (excludes halogenated alkanes) is 4. The monoisotopic (exact) mass is 567 g/mol. The van der Waals surface area contributed by atoms with Crippen LogP contribution in [-0.4, -0.2) is 46.7 Å². The number of carboxylic acids is 1. The summed E-state index contributed by atoms with van der Waals surface area (Å²) < 4.78 is 11.0. The van der Waals surface area contributed by atoms with Gasteiger partial charge in [0.05, 0.1) is 13.7 Å². The predicted molar refractivity (Wildman–Crippen MR) is 163 cm³/mol. The van der Waals surface area contributed by atoms with Crippen LogP contribution in [0.5, 0.6) is 11.5 Å². The van der Waals surface area contributed by atoms with Crippen molar-refractivity contribution in [1.29, 1.82) is 0 Å². The van der Waals surface area contributed by atoms with Gasteiger partial charge in [-0.1, -0.05) is 69.0 Å². The molecule has 0 saturated heterocycles. The first-order chi connectivity index (χ1) is 20.5.